The first-order valence-corrected chi connectivity index (χ1v) is 10.7. The molecular formula is C23H23N3O3S. The Hall–Kier alpha value is -2.93. The molecule has 1 atom stereocenters. The molecule has 6 nitrogen and oxygen atoms in total. The number of thioether (sulfide) groups is 1. The van der Waals surface area contributed by atoms with Crippen molar-refractivity contribution >= 4 is 29.1 Å². The molecule has 30 heavy (non-hydrogen) atoms. The highest BCUT2D eigenvalue weighted by Crippen LogP contribution is 2.32. The van der Waals surface area contributed by atoms with Gasteiger partial charge in [-0.05, 0) is 63.1 Å². The van der Waals surface area contributed by atoms with Crippen molar-refractivity contribution in [3.05, 3.63) is 58.7 Å². The van der Waals surface area contributed by atoms with Crippen LogP contribution in [0.5, 0.6) is 0 Å². The first-order valence-electron chi connectivity index (χ1n) is 9.86. The molecule has 7 heteroatoms. The van der Waals surface area contributed by atoms with Gasteiger partial charge in [-0.25, -0.2) is 0 Å². The fourth-order valence-corrected chi connectivity index (χ4v) is 4.55. The zero-order valence-corrected chi connectivity index (χ0v) is 18.2. The number of aryl methyl sites for hydroxylation is 2. The highest BCUT2D eigenvalue weighted by Gasteiger charge is 2.25. The summed E-state index contributed by atoms with van der Waals surface area (Å²) in [7, 11) is 0. The Morgan fingerprint density at radius 1 is 1.10 bits per heavy atom. The van der Waals surface area contributed by atoms with E-state index in [4.69, 9.17) is 4.42 Å². The average molecular weight is 422 g/mol. The van der Waals surface area contributed by atoms with E-state index in [0.717, 1.165) is 34.4 Å². The molecule has 2 heterocycles. The Morgan fingerprint density at radius 2 is 1.83 bits per heavy atom. The van der Waals surface area contributed by atoms with Gasteiger partial charge in [0.25, 0.3) is 5.22 Å². The predicted molar refractivity (Wildman–Crippen MR) is 117 cm³/mol. The molecule has 1 aliphatic heterocycles. The van der Waals surface area contributed by atoms with Gasteiger partial charge < -0.3 is 9.32 Å². The van der Waals surface area contributed by atoms with Crippen LogP contribution < -0.4 is 4.90 Å². The van der Waals surface area contributed by atoms with E-state index in [9.17, 15) is 9.59 Å². The van der Waals surface area contributed by atoms with Gasteiger partial charge in [-0.1, -0.05) is 29.0 Å². The molecule has 0 saturated carbocycles. The van der Waals surface area contributed by atoms with Gasteiger partial charge in [0.15, 0.2) is 5.78 Å². The standard InChI is InChI=1S/C23H23N3O3S/c1-13-9-14(2)11-19(10-13)22-24-25-23(29-22)30-15(3)21(28)18-5-6-20-17(12-18)7-8-26(20)16(4)27/h5-6,9-12,15H,7-8H2,1-4H3. The fourth-order valence-electron chi connectivity index (χ4n) is 3.79. The van der Waals surface area contributed by atoms with Gasteiger partial charge in [0, 0.05) is 30.3 Å². The first-order chi connectivity index (χ1) is 14.3. The Kier molecular flexibility index (Phi) is 5.47. The number of ketones is 1. The van der Waals surface area contributed by atoms with Crippen LogP contribution in [0.3, 0.4) is 0 Å². The van der Waals surface area contributed by atoms with Gasteiger partial charge in [0.05, 0.1) is 5.25 Å². The summed E-state index contributed by atoms with van der Waals surface area (Å²) in [4.78, 5) is 26.4. The number of anilines is 1. The quantitative estimate of drug-likeness (QED) is 0.442. The third-order valence-corrected chi connectivity index (χ3v) is 6.10. The van der Waals surface area contributed by atoms with E-state index in [1.807, 2.05) is 45.0 Å². The van der Waals surface area contributed by atoms with Crippen molar-refractivity contribution in [1.82, 2.24) is 10.2 Å². The fraction of sp³-hybridized carbons (Fsp3) is 0.304. The minimum Gasteiger partial charge on any atom is -0.411 e. The van der Waals surface area contributed by atoms with Gasteiger partial charge in [0.1, 0.15) is 0 Å². The number of hydrogen-bond acceptors (Lipinski definition) is 6. The summed E-state index contributed by atoms with van der Waals surface area (Å²) < 4.78 is 5.80. The third kappa shape index (κ3) is 4.03. The van der Waals surface area contributed by atoms with Crippen molar-refractivity contribution in [2.24, 2.45) is 0 Å². The SMILES string of the molecule is CC(=O)N1CCc2cc(C(=O)C(C)Sc3nnc(-c4cc(C)cc(C)c4)o3)ccc21. The van der Waals surface area contributed by atoms with Crippen LogP contribution in [0.4, 0.5) is 5.69 Å². The lowest BCUT2D eigenvalue weighted by molar-refractivity contribution is -0.116. The summed E-state index contributed by atoms with van der Waals surface area (Å²) in [6, 6.07) is 11.6. The topological polar surface area (TPSA) is 76.3 Å². The molecule has 0 N–H and O–H groups in total. The zero-order valence-electron chi connectivity index (χ0n) is 17.4. The number of hydrogen-bond donors (Lipinski definition) is 0. The molecule has 2 aromatic carbocycles. The van der Waals surface area contributed by atoms with E-state index in [1.54, 1.807) is 17.9 Å². The van der Waals surface area contributed by atoms with Crippen LogP contribution >= 0.6 is 11.8 Å². The molecule has 1 amide bonds. The summed E-state index contributed by atoms with van der Waals surface area (Å²) in [5.41, 5.74) is 5.69. The Bertz CT molecular complexity index is 1120. The summed E-state index contributed by atoms with van der Waals surface area (Å²) in [5, 5.41) is 8.24. The molecular weight excluding hydrogens is 398 g/mol. The number of amides is 1. The Morgan fingerprint density at radius 3 is 2.53 bits per heavy atom. The zero-order chi connectivity index (χ0) is 21.4. The molecule has 4 rings (SSSR count). The van der Waals surface area contributed by atoms with E-state index in [1.165, 1.54) is 11.8 Å². The molecule has 1 unspecified atom stereocenters. The number of nitrogens with zero attached hydrogens (tertiary/aromatic N) is 3. The largest absolute Gasteiger partial charge is 0.411 e. The van der Waals surface area contributed by atoms with Crippen molar-refractivity contribution in [1.29, 1.82) is 0 Å². The van der Waals surface area contributed by atoms with E-state index < -0.39 is 0 Å². The van der Waals surface area contributed by atoms with Crippen LogP contribution in [0, 0.1) is 13.8 Å². The molecule has 3 aromatic rings. The molecule has 1 aliphatic rings. The van der Waals surface area contributed by atoms with Crippen LogP contribution in [-0.2, 0) is 11.2 Å². The Labute approximate surface area is 179 Å². The van der Waals surface area contributed by atoms with Gasteiger partial charge in [-0.15, -0.1) is 10.2 Å². The minimum atomic E-state index is -0.374. The molecule has 1 aromatic heterocycles. The minimum absolute atomic E-state index is 0.00442. The maximum Gasteiger partial charge on any atom is 0.277 e. The lowest BCUT2D eigenvalue weighted by Gasteiger charge is -2.15. The smallest absolute Gasteiger partial charge is 0.277 e. The highest BCUT2D eigenvalue weighted by molar-refractivity contribution is 8.00. The van der Waals surface area contributed by atoms with Crippen molar-refractivity contribution < 1.29 is 14.0 Å². The lowest BCUT2D eigenvalue weighted by Crippen LogP contribution is -2.25. The monoisotopic (exact) mass is 421 g/mol. The molecule has 0 spiro atoms. The maximum atomic E-state index is 12.9. The van der Waals surface area contributed by atoms with Crippen LogP contribution in [0.1, 0.15) is 40.9 Å². The normalized spacial score (nSPS) is 13.9. The van der Waals surface area contributed by atoms with Crippen molar-refractivity contribution in [2.75, 3.05) is 11.4 Å². The van der Waals surface area contributed by atoms with Crippen LogP contribution in [0.15, 0.2) is 46.0 Å². The summed E-state index contributed by atoms with van der Waals surface area (Å²) in [6.07, 6.45) is 0.764. The molecule has 0 aliphatic carbocycles. The highest BCUT2D eigenvalue weighted by atomic mass is 32.2. The summed E-state index contributed by atoms with van der Waals surface area (Å²) in [5.74, 6) is 0.466. The van der Waals surface area contributed by atoms with Gasteiger partial charge in [-0.3, -0.25) is 9.59 Å². The molecule has 0 saturated heterocycles. The van der Waals surface area contributed by atoms with Crippen LogP contribution in [-0.4, -0.2) is 33.7 Å². The maximum absolute atomic E-state index is 12.9. The number of carbonyl (C=O) groups is 2. The molecule has 154 valence electrons. The second-order valence-corrected chi connectivity index (χ2v) is 8.93. The van der Waals surface area contributed by atoms with E-state index in [0.29, 0.717) is 23.2 Å². The Balaban J connectivity index is 1.48. The van der Waals surface area contributed by atoms with E-state index in [-0.39, 0.29) is 16.9 Å². The second-order valence-electron chi connectivity index (χ2n) is 7.64. The third-order valence-electron chi connectivity index (χ3n) is 5.16. The van der Waals surface area contributed by atoms with Crippen molar-refractivity contribution in [3.8, 4) is 11.5 Å². The number of benzene rings is 2. The first kappa shape index (κ1) is 20.3. The molecule has 0 radical (unpaired) electrons. The number of carbonyl (C=O) groups excluding carboxylic acids is 2. The van der Waals surface area contributed by atoms with E-state index in [2.05, 4.69) is 16.3 Å². The number of rotatable bonds is 5. The molecule has 0 fully saturated rings. The van der Waals surface area contributed by atoms with Crippen LogP contribution in [0.25, 0.3) is 11.5 Å². The van der Waals surface area contributed by atoms with Gasteiger partial charge in [0.2, 0.25) is 11.8 Å². The average Bonchev–Trinajstić information content (AvgIpc) is 3.33. The number of aromatic nitrogens is 2. The van der Waals surface area contributed by atoms with Crippen molar-refractivity contribution in [3.63, 3.8) is 0 Å². The van der Waals surface area contributed by atoms with Gasteiger partial charge >= 0.3 is 0 Å². The lowest BCUT2D eigenvalue weighted by atomic mass is 10.0. The van der Waals surface area contributed by atoms with Gasteiger partial charge in [-0.2, -0.15) is 0 Å². The summed E-state index contributed by atoms with van der Waals surface area (Å²) >= 11 is 1.25. The second kappa shape index (κ2) is 8.07. The summed E-state index contributed by atoms with van der Waals surface area (Å²) in [6.45, 7) is 8.10. The number of fused-ring (bicyclic) bond motifs is 1. The molecule has 0 bridgehead atoms. The van der Waals surface area contributed by atoms with Crippen LogP contribution in [0.2, 0.25) is 0 Å². The predicted octanol–water partition coefficient (Wildman–Crippen LogP) is 4.63. The number of Topliss-reactive ketones (excluding diaryl/α,β-unsaturated/α-hetero) is 1. The van der Waals surface area contributed by atoms with Crippen molar-refractivity contribution in [2.45, 2.75) is 44.6 Å². The van der Waals surface area contributed by atoms with E-state index >= 15 is 0 Å².